The van der Waals surface area contributed by atoms with Gasteiger partial charge in [0.2, 0.25) is 11.8 Å². The number of alkyl carbamates (subject to hydrolysis) is 1. The maximum absolute atomic E-state index is 13.2. The summed E-state index contributed by atoms with van der Waals surface area (Å²) in [5, 5.41) is 8.50. The number of carbonyl (C=O) groups is 4. The molecule has 1 saturated carbocycles. The van der Waals surface area contributed by atoms with Crippen LogP contribution in [-0.2, 0) is 14.3 Å². The number of benzene rings is 3. The van der Waals surface area contributed by atoms with Crippen LogP contribution in [-0.4, -0.2) is 70.5 Å². The minimum Gasteiger partial charge on any atom is -0.453 e. The Labute approximate surface area is 319 Å². The smallest absolute Gasteiger partial charge is 0.407 e. The van der Waals surface area contributed by atoms with Gasteiger partial charge in [0.25, 0.3) is 5.91 Å². The van der Waals surface area contributed by atoms with E-state index in [1.807, 2.05) is 42.2 Å². The van der Waals surface area contributed by atoms with Crippen molar-refractivity contribution in [3.8, 4) is 22.3 Å². The van der Waals surface area contributed by atoms with Gasteiger partial charge >= 0.3 is 6.09 Å². The summed E-state index contributed by atoms with van der Waals surface area (Å²) in [6.07, 6.45) is 4.84. The fourth-order valence-corrected chi connectivity index (χ4v) is 7.06. The highest BCUT2D eigenvalue weighted by Crippen LogP contribution is 2.35. The summed E-state index contributed by atoms with van der Waals surface area (Å²) >= 11 is 0. The summed E-state index contributed by atoms with van der Waals surface area (Å²) in [6.45, 7) is 12.8. The van der Waals surface area contributed by atoms with Crippen molar-refractivity contribution in [2.75, 3.05) is 13.7 Å². The molecule has 11 heteroatoms. The van der Waals surface area contributed by atoms with Gasteiger partial charge < -0.3 is 30.6 Å². The summed E-state index contributed by atoms with van der Waals surface area (Å²) < 4.78 is 4.57. The zero-order chi connectivity index (χ0) is 38.9. The first-order valence-corrected chi connectivity index (χ1v) is 19.4. The van der Waals surface area contributed by atoms with E-state index in [0.29, 0.717) is 11.5 Å². The number of H-pyrrole nitrogens is 1. The highest BCUT2D eigenvalue weighted by Gasteiger charge is 2.35. The van der Waals surface area contributed by atoms with Crippen molar-refractivity contribution in [1.29, 1.82) is 0 Å². The van der Waals surface area contributed by atoms with Gasteiger partial charge in [-0.1, -0.05) is 83.5 Å². The van der Waals surface area contributed by atoms with Gasteiger partial charge in [0.1, 0.15) is 11.9 Å². The lowest BCUT2D eigenvalue weighted by atomic mass is 9.96. The van der Waals surface area contributed by atoms with Crippen molar-refractivity contribution in [3.05, 3.63) is 78.1 Å². The van der Waals surface area contributed by atoms with Crippen LogP contribution in [0.25, 0.3) is 33.3 Å². The van der Waals surface area contributed by atoms with Crippen LogP contribution in [0, 0.1) is 11.8 Å². The topological polar surface area (TPSA) is 146 Å². The molecule has 6 rings (SSSR count). The lowest BCUT2D eigenvalue weighted by Gasteiger charge is -2.27. The number of nitrogens with zero attached hydrogens (tertiary/aromatic N) is 2. The van der Waals surface area contributed by atoms with Crippen LogP contribution < -0.4 is 16.0 Å². The first kappa shape index (κ1) is 40.0. The van der Waals surface area contributed by atoms with Crippen LogP contribution in [0.1, 0.15) is 102 Å². The number of carbonyl (C=O) groups excluding carboxylic acids is 4. The van der Waals surface area contributed by atoms with E-state index in [2.05, 4.69) is 89.8 Å². The monoisotopic (exact) mass is 736 g/mol. The number of imidazole rings is 1. The lowest BCUT2D eigenvalue weighted by molar-refractivity contribution is -0.137. The summed E-state index contributed by atoms with van der Waals surface area (Å²) in [5.41, 5.74) is 6.55. The third-order valence-electron chi connectivity index (χ3n) is 10.5. The molecule has 0 radical (unpaired) electrons. The number of ether oxygens (including phenoxy) is 1. The average Bonchev–Trinajstić information content (AvgIpc) is 3.94. The summed E-state index contributed by atoms with van der Waals surface area (Å²) in [7, 11) is 1.24. The van der Waals surface area contributed by atoms with Gasteiger partial charge in [0, 0.05) is 30.1 Å². The van der Waals surface area contributed by atoms with E-state index in [0.717, 1.165) is 77.8 Å². The Hall–Kier alpha value is -5.19. The zero-order valence-electron chi connectivity index (χ0n) is 32.7. The molecule has 0 spiro atoms. The normalized spacial score (nSPS) is 19.1. The highest BCUT2D eigenvalue weighted by molar-refractivity contribution is 5.95. The van der Waals surface area contributed by atoms with Crippen molar-refractivity contribution in [2.24, 2.45) is 11.8 Å². The number of aromatic amines is 1. The van der Waals surface area contributed by atoms with Crippen molar-refractivity contribution < 1.29 is 23.9 Å². The first-order valence-electron chi connectivity index (χ1n) is 19.4. The highest BCUT2D eigenvalue weighted by atomic mass is 16.5. The Bertz CT molecular complexity index is 1900. The molecule has 5 atom stereocenters. The van der Waals surface area contributed by atoms with Gasteiger partial charge in [-0.3, -0.25) is 14.4 Å². The maximum Gasteiger partial charge on any atom is 0.407 e. The van der Waals surface area contributed by atoms with Crippen molar-refractivity contribution >= 4 is 34.8 Å². The molecule has 4 N–H and O–H groups in total. The van der Waals surface area contributed by atoms with Crippen LogP contribution in [0.2, 0.25) is 0 Å². The summed E-state index contributed by atoms with van der Waals surface area (Å²) in [5.74, 6) is 0.811. The zero-order valence-corrected chi connectivity index (χ0v) is 32.7. The minimum absolute atomic E-state index is 0.0196. The summed E-state index contributed by atoms with van der Waals surface area (Å²) in [6, 6.07) is 20.9. The minimum atomic E-state index is -0.755. The molecule has 1 aromatic heterocycles. The molecule has 0 unspecified atom stereocenters. The lowest BCUT2D eigenvalue weighted by Crippen LogP contribution is -2.53. The molecule has 2 aliphatic rings. The van der Waals surface area contributed by atoms with Crippen LogP contribution in [0.3, 0.4) is 0 Å². The van der Waals surface area contributed by atoms with E-state index in [1.54, 1.807) is 6.92 Å². The number of methoxy groups -OCH3 is 1. The number of hydrogen-bond acceptors (Lipinski definition) is 6. The largest absolute Gasteiger partial charge is 0.453 e. The van der Waals surface area contributed by atoms with Crippen molar-refractivity contribution in [2.45, 2.75) is 104 Å². The van der Waals surface area contributed by atoms with E-state index in [-0.39, 0.29) is 41.8 Å². The van der Waals surface area contributed by atoms with E-state index >= 15 is 0 Å². The standard InChI is InChI=1S/C40H48N6O5.C3H8/c1-23(2)24(3)39(49)46-21-7-10-35(46)36-42-33-20-19-30(22-34(33)43-36)28-13-11-26(12-14-28)27-15-17-29(18-16-27)38(48)45-32-9-6-8-31(32)44-37(47)25(4)41-40(50)51-5;1-3-2/h11-20,22-25,31-32,35H,6-10,21H2,1-5H3,(H,41,50)(H,42,43)(H,44,47)(H,45,48);3H2,1-2H3/t24-,25-,31+,32+,35-;/m0./s1. The van der Waals surface area contributed by atoms with Crippen molar-refractivity contribution in [3.63, 3.8) is 0 Å². The van der Waals surface area contributed by atoms with Crippen LogP contribution >= 0.6 is 0 Å². The average molecular weight is 737 g/mol. The van der Waals surface area contributed by atoms with Gasteiger partial charge in [0.15, 0.2) is 0 Å². The quantitative estimate of drug-likeness (QED) is 0.131. The van der Waals surface area contributed by atoms with E-state index in [9.17, 15) is 19.2 Å². The molecule has 4 aromatic rings. The third kappa shape index (κ3) is 9.48. The Kier molecular flexibility index (Phi) is 13.5. The Balaban J connectivity index is 0.00000181. The molecule has 4 amide bonds. The summed E-state index contributed by atoms with van der Waals surface area (Å²) in [4.78, 5) is 60.8. The molecule has 0 bridgehead atoms. The molecular formula is C43H56N6O5. The first-order chi connectivity index (χ1) is 25.9. The SMILES string of the molecule is CCC.COC(=O)N[C@@H](C)C(=O)N[C@@H]1CCC[C@H]1NC(=O)c1ccc(-c2ccc(-c3ccc4nc([C@@H]5CCCN5C(=O)[C@@H](C)C(C)C)[nH]c4c3)cc2)cc1. The van der Waals surface area contributed by atoms with Crippen LogP contribution in [0.4, 0.5) is 4.79 Å². The third-order valence-corrected chi connectivity index (χ3v) is 10.5. The van der Waals surface area contributed by atoms with E-state index in [4.69, 9.17) is 4.98 Å². The van der Waals surface area contributed by atoms with Crippen LogP contribution in [0.15, 0.2) is 66.7 Å². The van der Waals surface area contributed by atoms with Gasteiger partial charge in [-0.05, 0) is 91.5 Å². The Morgan fingerprint density at radius 1 is 0.815 bits per heavy atom. The number of nitrogens with one attached hydrogen (secondary N) is 4. The molecular weight excluding hydrogens is 681 g/mol. The predicted molar refractivity (Wildman–Crippen MR) is 213 cm³/mol. The van der Waals surface area contributed by atoms with E-state index in [1.165, 1.54) is 13.5 Å². The molecule has 2 fully saturated rings. The molecule has 54 heavy (non-hydrogen) atoms. The molecule has 1 saturated heterocycles. The molecule has 1 aliphatic carbocycles. The number of likely N-dealkylation sites (tertiary alicyclic amines) is 1. The van der Waals surface area contributed by atoms with Gasteiger partial charge in [-0.15, -0.1) is 0 Å². The van der Waals surface area contributed by atoms with Gasteiger partial charge in [-0.25, -0.2) is 9.78 Å². The maximum atomic E-state index is 13.2. The molecule has 1 aliphatic heterocycles. The predicted octanol–water partition coefficient (Wildman–Crippen LogP) is 7.78. The molecule has 288 valence electrons. The number of fused-ring (bicyclic) bond motifs is 1. The van der Waals surface area contributed by atoms with Crippen LogP contribution in [0.5, 0.6) is 0 Å². The number of aromatic nitrogens is 2. The second kappa shape index (κ2) is 18.2. The molecule has 11 nitrogen and oxygen atoms in total. The fourth-order valence-electron chi connectivity index (χ4n) is 7.06. The number of hydrogen-bond donors (Lipinski definition) is 4. The Morgan fingerprint density at radius 3 is 2.00 bits per heavy atom. The fraction of sp³-hybridized carbons (Fsp3) is 0.465. The van der Waals surface area contributed by atoms with E-state index < -0.39 is 12.1 Å². The molecule has 3 aromatic carbocycles. The number of amides is 4. The van der Waals surface area contributed by atoms with Gasteiger partial charge in [-0.2, -0.15) is 0 Å². The second-order valence-corrected chi connectivity index (χ2v) is 14.9. The van der Waals surface area contributed by atoms with Crippen molar-refractivity contribution in [1.82, 2.24) is 30.8 Å². The van der Waals surface area contributed by atoms with Gasteiger partial charge in [0.05, 0.1) is 24.2 Å². The number of rotatable bonds is 10. The Morgan fingerprint density at radius 2 is 1.39 bits per heavy atom. The molecule has 2 heterocycles. The second-order valence-electron chi connectivity index (χ2n) is 14.9.